The Morgan fingerprint density at radius 3 is 3.00 bits per heavy atom. The summed E-state index contributed by atoms with van der Waals surface area (Å²) in [6.45, 7) is 1.43. The molecule has 2 rings (SSSR count). The van der Waals surface area contributed by atoms with Crippen LogP contribution in [-0.2, 0) is 15.1 Å². The fourth-order valence-electron chi connectivity index (χ4n) is 2.36. The second-order valence-corrected chi connectivity index (χ2v) is 5.56. The summed E-state index contributed by atoms with van der Waals surface area (Å²) in [4.78, 5) is 15.2. The number of carboxylic acid groups (broad SMARTS) is 1. The SMILES string of the molecule is O=C(O)COC1(c2ccc(Br)cn2)CCCNCC1. The number of hydrogen-bond donors (Lipinski definition) is 2. The topological polar surface area (TPSA) is 71.5 Å². The molecule has 1 atom stereocenters. The molecule has 0 amide bonds. The Morgan fingerprint density at radius 2 is 2.32 bits per heavy atom. The summed E-state index contributed by atoms with van der Waals surface area (Å²) in [6.07, 6.45) is 4.17. The van der Waals surface area contributed by atoms with Crippen LogP contribution < -0.4 is 5.32 Å². The first kappa shape index (κ1) is 14.4. The minimum Gasteiger partial charge on any atom is -0.480 e. The van der Waals surface area contributed by atoms with Gasteiger partial charge in [0.25, 0.3) is 0 Å². The Morgan fingerprint density at radius 1 is 1.47 bits per heavy atom. The number of carboxylic acids is 1. The second kappa shape index (κ2) is 6.45. The van der Waals surface area contributed by atoms with Gasteiger partial charge in [-0.3, -0.25) is 4.98 Å². The molecule has 2 N–H and O–H groups in total. The number of hydrogen-bond acceptors (Lipinski definition) is 4. The van der Waals surface area contributed by atoms with Crippen LogP contribution in [0.2, 0.25) is 0 Å². The highest BCUT2D eigenvalue weighted by molar-refractivity contribution is 9.10. The van der Waals surface area contributed by atoms with E-state index >= 15 is 0 Å². The summed E-state index contributed by atoms with van der Waals surface area (Å²) in [5, 5.41) is 12.2. The first-order chi connectivity index (χ1) is 9.12. The van der Waals surface area contributed by atoms with E-state index in [1.165, 1.54) is 0 Å². The molecule has 1 unspecified atom stereocenters. The average molecular weight is 329 g/mol. The van der Waals surface area contributed by atoms with E-state index in [9.17, 15) is 4.79 Å². The zero-order valence-corrected chi connectivity index (χ0v) is 12.1. The van der Waals surface area contributed by atoms with Crippen LogP contribution in [0.25, 0.3) is 0 Å². The van der Waals surface area contributed by atoms with Crippen LogP contribution in [0.1, 0.15) is 25.0 Å². The van der Waals surface area contributed by atoms with Crippen molar-refractivity contribution in [3.05, 3.63) is 28.5 Å². The monoisotopic (exact) mass is 328 g/mol. The highest BCUT2D eigenvalue weighted by atomic mass is 79.9. The smallest absolute Gasteiger partial charge is 0.329 e. The Kier molecular flexibility index (Phi) is 4.90. The predicted octanol–water partition coefficient (Wildman–Crippen LogP) is 1.91. The maximum Gasteiger partial charge on any atom is 0.329 e. The molecular formula is C13H17BrN2O3. The Balaban J connectivity index is 2.25. The largest absolute Gasteiger partial charge is 0.480 e. The summed E-state index contributed by atoms with van der Waals surface area (Å²) in [6, 6.07) is 3.81. The van der Waals surface area contributed by atoms with Crippen molar-refractivity contribution in [1.29, 1.82) is 0 Å². The van der Waals surface area contributed by atoms with Gasteiger partial charge in [0.15, 0.2) is 0 Å². The zero-order valence-electron chi connectivity index (χ0n) is 10.6. The molecular weight excluding hydrogens is 312 g/mol. The van der Waals surface area contributed by atoms with Crippen LogP contribution in [0.3, 0.4) is 0 Å². The van der Waals surface area contributed by atoms with Gasteiger partial charge in [-0.25, -0.2) is 4.79 Å². The molecule has 1 fully saturated rings. The van der Waals surface area contributed by atoms with Crippen molar-refractivity contribution in [2.24, 2.45) is 0 Å². The Labute approximate surface area is 120 Å². The molecule has 104 valence electrons. The molecule has 1 aromatic heterocycles. The van der Waals surface area contributed by atoms with Crippen LogP contribution >= 0.6 is 15.9 Å². The number of aromatic nitrogens is 1. The van der Waals surface area contributed by atoms with Gasteiger partial charge in [0.2, 0.25) is 0 Å². The van der Waals surface area contributed by atoms with Gasteiger partial charge in [-0.1, -0.05) is 0 Å². The van der Waals surface area contributed by atoms with E-state index in [1.807, 2.05) is 12.1 Å². The van der Waals surface area contributed by atoms with Crippen molar-refractivity contribution in [2.45, 2.75) is 24.9 Å². The van der Waals surface area contributed by atoms with Gasteiger partial charge in [-0.2, -0.15) is 0 Å². The lowest BCUT2D eigenvalue weighted by Gasteiger charge is -2.31. The lowest BCUT2D eigenvalue weighted by atomic mass is 9.90. The first-order valence-corrected chi connectivity index (χ1v) is 7.10. The van der Waals surface area contributed by atoms with Crippen molar-refractivity contribution in [2.75, 3.05) is 19.7 Å². The number of carbonyl (C=O) groups is 1. The molecule has 0 spiro atoms. The minimum atomic E-state index is -0.950. The standard InChI is InChI=1S/C13H17BrN2O3/c14-10-2-3-11(16-8-10)13(19-9-12(17)18)4-1-6-15-7-5-13/h2-3,8,15H,1,4-7,9H2,(H,17,18). The number of nitrogens with one attached hydrogen (secondary N) is 1. The second-order valence-electron chi connectivity index (χ2n) is 4.64. The van der Waals surface area contributed by atoms with E-state index < -0.39 is 11.6 Å². The Bertz CT molecular complexity index is 428. The summed E-state index contributed by atoms with van der Waals surface area (Å²) >= 11 is 3.35. The molecule has 5 nitrogen and oxygen atoms in total. The van der Waals surface area contributed by atoms with Gasteiger partial charge in [0.05, 0.1) is 5.69 Å². The third kappa shape index (κ3) is 3.75. The molecule has 1 aliphatic rings. The van der Waals surface area contributed by atoms with Gasteiger partial charge in [-0.05, 0) is 60.4 Å². The molecule has 0 aliphatic carbocycles. The van der Waals surface area contributed by atoms with E-state index in [2.05, 4.69) is 26.2 Å². The van der Waals surface area contributed by atoms with E-state index in [1.54, 1.807) is 6.20 Å². The number of pyridine rings is 1. The fourth-order valence-corrected chi connectivity index (χ4v) is 2.59. The molecule has 2 heterocycles. The quantitative estimate of drug-likeness (QED) is 0.883. The molecule has 0 bridgehead atoms. The lowest BCUT2D eigenvalue weighted by molar-refractivity contribution is -0.152. The zero-order chi connectivity index (χ0) is 13.7. The molecule has 0 radical (unpaired) electrons. The highest BCUT2D eigenvalue weighted by Crippen LogP contribution is 2.34. The van der Waals surface area contributed by atoms with E-state index in [0.29, 0.717) is 0 Å². The molecule has 0 saturated carbocycles. The first-order valence-electron chi connectivity index (χ1n) is 6.31. The van der Waals surface area contributed by atoms with Gasteiger partial charge >= 0.3 is 5.97 Å². The van der Waals surface area contributed by atoms with Crippen molar-refractivity contribution in [1.82, 2.24) is 10.3 Å². The van der Waals surface area contributed by atoms with E-state index in [4.69, 9.17) is 9.84 Å². The van der Waals surface area contributed by atoms with E-state index in [-0.39, 0.29) is 6.61 Å². The van der Waals surface area contributed by atoms with Crippen LogP contribution in [0.15, 0.2) is 22.8 Å². The van der Waals surface area contributed by atoms with Crippen molar-refractivity contribution in [3.8, 4) is 0 Å². The molecule has 1 saturated heterocycles. The molecule has 1 aromatic rings. The predicted molar refractivity (Wildman–Crippen MR) is 73.9 cm³/mol. The van der Waals surface area contributed by atoms with Gasteiger partial charge in [0, 0.05) is 10.7 Å². The fraction of sp³-hybridized carbons (Fsp3) is 0.538. The lowest BCUT2D eigenvalue weighted by Crippen LogP contribution is -2.34. The number of ether oxygens (including phenoxy) is 1. The third-order valence-corrected chi connectivity index (χ3v) is 3.77. The molecule has 19 heavy (non-hydrogen) atoms. The van der Waals surface area contributed by atoms with Crippen molar-refractivity contribution >= 4 is 21.9 Å². The van der Waals surface area contributed by atoms with E-state index in [0.717, 1.165) is 42.5 Å². The average Bonchev–Trinajstić information content (AvgIpc) is 2.64. The normalized spacial score (nSPS) is 23.8. The summed E-state index contributed by atoms with van der Waals surface area (Å²) < 4.78 is 6.62. The molecule has 6 heteroatoms. The van der Waals surface area contributed by atoms with Crippen LogP contribution in [0, 0.1) is 0 Å². The number of nitrogens with zero attached hydrogens (tertiary/aromatic N) is 1. The highest BCUT2D eigenvalue weighted by Gasteiger charge is 2.35. The molecule has 0 aromatic carbocycles. The number of rotatable bonds is 4. The van der Waals surface area contributed by atoms with Crippen LogP contribution in [0.5, 0.6) is 0 Å². The summed E-state index contributed by atoms with van der Waals surface area (Å²) in [5.41, 5.74) is 0.212. The summed E-state index contributed by atoms with van der Waals surface area (Å²) in [7, 11) is 0. The Hall–Kier alpha value is -0.980. The summed E-state index contributed by atoms with van der Waals surface area (Å²) in [5.74, 6) is -0.950. The number of aliphatic carboxylic acids is 1. The molecule has 1 aliphatic heterocycles. The van der Waals surface area contributed by atoms with Crippen LogP contribution in [-0.4, -0.2) is 35.8 Å². The number of halogens is 1. The van der Waals surface area contributed by atoms with Gasteiger partial charge in [0.1, 0.15) is 12.2 Å². The third-order valence-electron chi connectivity index (χ3n) is 3.31. The van der Waals surface area contributed by atoms with Gasteiger partial charge in [-0.15, -0.1) is 0 Å². The van der Waals surface area contributed by atoms with Gasteiger partial charge < -0.3 is 15.2 Å². The minimum absolute atomic E-state index is 0.294. The van der Waals surface area contributed by atoms with Crippen molar-refractivity contribution in [3.63, 3.8) is 0 Å². The maximum absolute atomic E-state index is 10.8. The van der Waals surface area contributed by atoms with Crippen LogP contribution in [0.4, 0.5) is 0 Å². The maximum atomic E-state index is 10.8. The van der Waals surface area contributed by atoms with Crippen molar-refractivity contribution < 1.29 is 14.6 Å².